The molecule has 7 nitrogen and oxygen atoms in total. The average molecular weight is 656 g/mol. The zero-order valence-electron chi connectivity index (χ0n) is 27.8. The first-order valence-corrected chi connectivity index (χ1v) is 16.4. The summed E-state index contributed by atoms with van der Waals surface area (Å²) in [5, 5.41) is 9.66. The Kier molecular flexibility index (Phi) is 9.57. The van der Waals surface area contributed by atoms with Gasteiger partial charge in [0.25, 0.3) is 5.70 Å². The van der Waals surface area contributed by atoms with Crippen molar-refractivity contribution >= 4 is 23.1 Å². The van der Waals surface area contributed by atoms with E-state index in [0.29, 0.717) is 46.6 Å². The minimum atomic E-state index is -0.493. The number of benzene rings is 4. The summed E-state index contributed by atoms with van der Waals surface area (Å²) in [6, 6.07) is 28.1. The zero-order chi connectivity index (χ0) is 35.4. The van der Waals surface area contributed by atoms with Crippen LogP contribution < -0.4 is 4.74 Å². The first-order valence-electron chi connectivity index (χ1n) is 16.4. The maximum atomic E-state index is 13.6. The van der Waals surface area contributed by atoms with Crippen LogP contribution in [0.5, 0.6) is 5.75 Å². The van der Waals surface area contributed by atoms with Gasteiger partial charge in [-0.05, 0) is 76.3 Å². The molecule has 244 valence electrons. The van der Waals surface area contributed by atoms with E-state index in [0.717, 1.165) is 39.0 Å². The van der Waals surface area contributed by atoms with Gasteiger partial charge in [-0.3, -0.25) is 4.79 Å². The number of esters is 2. The third kappa shape index (κ3) is 6.00. The highest BCUT2D eigenvalue weighted by molar-refractivity contribution is 6.10. The van der Waals surface area contributed by atoms with Gasteiger partial charge in [0.05, 0.1) is 37.8 Å². The highest BCUT2D eigenvalue weighted by Crippen LogP contribution is 2.50. The standard InChI is InChI=1S/C43H33N3O4/c1-6-27(23-38(47)50-37-21-13-19-33-39(26(3)45-4)29-14-8-11-17-32(29)42(33)37)22-28(7-2)25-49-43(48)35-20-12-18-34-40(35)30-15-9-10-16-31(30)41(34)36(24-44)46-5/h6,8-21,27-28H,1,7,22-23,25H2,2-3H3/b39-26-,41-36+. The normalized spacial score (nSPS) is 15.0. The van der Waals surface area contributed by atoms with Gasteiger partial charge < -0.3 is 9.47 Å². The highest BCUT2D eigenvalue weighted by atomic mass is 16.5. The Morgan fingerprint density at radius 1 is 0.840 bits per heavy atom. The van der Waals surface area contributed by atoms with Crippen molar-refractivity contribution < 1.29 is 19.1 Å². The molecule has 0 aliphatic heterocycles. The molecule has 0 saturated carbocycles. The minimum Gasteiger partial charge on any atom is -0.462 e. The van der Waals surface area contributed by atoms with E-state index in [-0.39, 0.29) is 30.6 Å². The van der Waals surface area contributed by atoms with Gasteiger partial charge >= 0.3 is 11.9 Å². The number of hydrogen-bond donors (Lipinski definition) is 0. The lowest BCUT2D eigenvalue weighted by Crippen LogP contribution is -2.20. The predicted molar refractivity (Wildman–Crippen MR) is 193 cm³/mol. The van der Waals surface area contributed by atoms with E-state index in [4.69, 9.17) is 22.6 Å². The molecule has 0 fully saturated rings. The van der Waals surface area contributed by atoms with E-state index >= 15 is 0 Å². The summed E-state index contributed by atoms with van der Waals surface area (Å²) in [4.78, 5) is 34.1. The monoisotopic (exact) mass is 655 g/mol. The number of carbonyl (C=O) groups excluding carboxylic acids is 2. The van der Waals surface area contributed by atoms with Crippen LogP contribution in [-0.2, 0) is 9.53 Å². The number of carbonyl (C=O) groups is 2. The quantitative estimate of drug-likeness (QED) is 0.0482. The van der Waals surface area contributed by atoms with Crippen molar-refractivity contribution in [2.24, 2.45) is 11.8 Å². The molecule has 0 saturated heterocycles. The molecular weight excluding hydrogens is 622 g/mol. The predicted octanol–water partition coefficient (Wildman–Crippen LogP) is 9.92. The van der Waals surface area contributed by atoms with Crippen LogP contribution in [0.3, 0.4) is 0 Å². The molecule has 0 N–H and O–H groups in total. The van der Waals surface area contributed by atoms with E-state index in [1.54, 1.807) is 31.2 Å². The van der Waals surface area contributed by atoms with Crippen molar-refractivity contribution in [3.8, 4) is 34.1 Å². The summed E-state index contributed by atoms with van der Waals surface area (Å²) in [6.45, 7) is 23.1. The molecule has 50 heavy (non-hydrogen) atoms. The summed E-state index contributed by atoms with van der Waals surface area (Å²) in [6.07, 6.45) is 3.12. The van der Waals surface area contributed by atoms with E-state index in [9.17, 15) is 14.9 Å². The molecule has 4 aromatic rings. The second-order valence-electron chi connectivity index (χ2n) is 12.3. The van der Waals surface area contributed by atoms with Gasteiger partial charge in [-0.2, -0.15) is 0 Å². The van der Waals surface area contributed by atoms with Gasteiger partial charge in [-0.1, -0.05) is 92.2 Å². The largest absolute Gasteiger partial charge is 0.462 e. The van der Waals surface area contributed by atoms with Crippen LogP contribution in [-0.4, -0.2) is 18.5 Å². The molecule has 6 rings (SSSR count). The molecule has 2 aliphatic rings. The van der Waals surface area contributed by atoms with E-state index in [1.165, 1.54) is 0 Å². The van der Waals surface area contributed by atoms with E-state index in [1.807, 2.05) is 79.7 Å². The summed E-state index contributed by atoms with van der Waals surface area (Å²) in [7, 11) is 0. The third-order valence-electron chi connectivity index (χ3n) is 9.41. The number of nitrogens with zero attached hydrogens (tertiary/aromatic N) is 3. The summed E-state index contributed by atoms with van der Waals surface area (Å²) in [5.74, 6) is -0.699. The second kappa shape index (κ2) is 14.3. The molecule has 2 unspecified atom stereocenters. The minimum absolute atomic E-state index is 0.0278. The number of fused-ring (bicyclic) bond motifs is 6. The van der Waals surface area contributed by atoms with Crippen LogP contribution in [0.25, 0.3) is 43.1 Å². The molecule has 2 aliphatic carbocycles. The van der Waals surface area contributed by atoms with Crippen LogP contribution in [0.2, 0.25) is 0 Å². The first-order chi connectivity index (χ1) is 24.3. The van der Waals surface area contributed by atoms with Gasteiger partial charge in [0.2, 0.25) is 0 Å². The van der Waals surface area contributed by atoms with Gasteiger partial charge in [0, 0.05) is 16.7 Å². The van der Waals surface area contributed by atoms with E-state index in [2.05, 4.69) is 16.3 Å². The van der Waals surface area contributed by atoms with Gasteiger partial charge in [0.15, 0.2) is 5.70 Å². The van der Waals surface area contributed by atoms with Crippen molar-refractivity contribution in [3.05, 3.63) is 160 Å². The third-order valence-corrected chi connectivity index (χ3v) is 9.41. The fourth-order valence-corrected chi connectivity index (χ4v) is 6.98. The van der Waals surface area contributed by atoms with Gasteiger partial charge in [-0.15, -0.1) is 6.58 Å². The first kappa shape index (κ1) is 33.4. The van der Waals surface area contributed by atoms with Crippen molar-refractivity contribution in [1.29, 1.82) is 5.26 Å². The van der Waals surface area contributed by atoms with E-state index < -0.39 is 11.9 Å². The molecular formula is C43H33N3O4. The zero-order valence-corrected chi connectivity index (χ0v) is 27.8. The maximum Gasteiger partial charge on any atom is 0.338 e. The molecule has 0 aromatic heterocycles. The lowest BCUT2D eigenvalue weighted by Gasteiger charge is -2.20. The summed E-state index contributed by atoms with van der Waals surface area (Å²) >= 11 is 0. The molecule has 0 bridgehead atoms. The topological polar surface area (TPSA) is 85.1 Å². The molecule has 7 heteroatoms. The van der Waals surface area contributed by atoms with Crippen molar-refractivity contribution in [3.63, 3.8) is 0 Å². The van der Waals surface area contributed by atoms with Crippen molar-refractivity contribution in [1.82, 2.24) is 0 Å². The Hall–Kier alpha value is -6.49. The number of hydrogen-bond acceptors (Lipinski definition) is 5. The molecule has 0 radical (unpaired) electrons. The van der Waals surface area contributed by atoms with Crippen LogP contribution in [0, 0.1) is 36.3 Å². The molecule has 0 spiro atoms. The SMILES string of the molecule is [C-]#[N+]/C(C)=C1/c2ccccc2-c2c(OC(=O)CC(C=C)CC(CC)COC(=O)c3cccc4c3-c3ccccc3/C4=C(/C#N)[N+]#[C-])cccc21. The lowest BCUT2D eigenvalue weighted by atomic mass is 9.91. The average Bonchev–Trinajstić information content (AvgIpc) is 3.67. The molecule has 0 amide bonds. The van der Waals surface area contributed by atoms with Gasteiger partial charge in [-0.25, -0.2) is 19.7 Å². The van der Waals surface area contributed by atoms with Crippen LogP contribution in [0.15, 0.2) is 109 Å². The fourth-order valence-electron chi connectivity index (χ4n) is 6.98. The van der Waals surface area contributed by atoms with Crippen LogP contribution in [0.1, 0.15) is 65.7 Å². The molecule has 2 atom stereocenters. The Labute approximate surface area is 292 Å². The summed E-state index contributed by atoms with van der Waals surface area (Å²) < 4.78 is 11.9. The van der Waals surface area contributed by atoms with Crippen LogP contribution in [0.4, 0.5) is 0 Å². The Morgan fingerprint density at radius 3 is 2.06 bits per heavy atom. The number of allylic oxidation sites excluding steroid dienone is 3. The number of ether oxygens (including phenoxy) is 2. The Bertz CT molecular complexity index is 2240. The highest BCUT2D eigenvalue weighted by Gasteiger charge is 2.31. The lowest BCUT2D eigenvalue weighted by molar-refractivity contribution is -0.135. The van der Waals surface area contributed by atoms with Gasteiger partial charge in [0.1, 0.15) is 5.75 Å². The Morgan fingerprint density at radius 2 is 1.44 bits per heavy atom. The number of rotatable bonds is 10. The van der Waals surface area contributed by atoms with Crippen molar-refractivity contribution in [2.45, 2.75) is 33.1 Å². The molecule has 0 heterocycles. The maximum absolute atomic E-state index is 13.6. The Balaban J connectivity index is 1.15. The van der Waals surface area contributed by atoms with Crippen LogP contribution >= 0.6 is 0 Å². The second-order valence-corrected chi connectivity index (χ2v) is 12.3. The smallest absolute Gasteiger partial charge is 0.338 e. The van der Waals surface area contributed by atoms with Crippen molar-refractivity contribution in [2.75, 3.05) is 6.61 Å². The molecule has 4 aromatic carbocycles. The summed E-state index contributed by atoms with van der Waals surface area (Å²) in [5.41, 5.74) is 8.67. The fraction of sp³-hybridized carbons (Fsp3) is 0.186. The number of nitriles is 1.